The fraction of sp³-hybridized carbons (Fsp3) is 1.00. The lowest BCUT2D eigenvalue weighted by atomic mass is 10.2. The maximum atomic E-state index is 4.72. The molecule has 0 aromatic carbocycles. The Kier molecular flexibility index (Phi) is 12.8. The predicted octanol–water partition coefficient (Wildman–Crippen LogP) is 3.40. The third-order valence-electron chi connectivity index (χ3n) is 2.11. The van der Waals surface area contributed by atoms with Gasteiger partial charge in [-0.2, -0.15) is 0 Å². The molecule has 0 radical (unpaired) electrons. The van der Waals surface area contributed by atoms with Crippen LogP contribution in [0.3, 0.4) is 0 Å². The topological polar surface area (TPSA) is 18.5 Å². The second-order valence-corrected chi connectivity index (χ2v) is 3.64. The summed E-state index contributed by atoms with van der Waals surface area (Å²) in [6.07, 6.45) is 8.09. The van der Waals surface area contributed by atoms with Gasteiger partial charge < -0.3 is 9.47 Å². The Morgan fingerprint density at radius 2 is 0.929 bits per heavy atom. The fourth-order valence-electron chi connectivity index (χ4n) is 0.789. The van der Waals surface area contributed by atoms with Crippen molar-refractivity contribution < 1.29 is 9.47 Å². The van der Waals surface area contributed by atoms with Crippen LogP contribution in [0.1, 0.15) is 52.4 Å². The summed E-state index contributed by atoms with van der Waals surface area (Å²) in [5.41, 5.74) is 0. The molecule has 2 nitrogen and oxygen atoms in total. The summed E-state index contributed by atoms with van der Waals surface area (Å²) in [5, 5.41) is 0. The molecule has 0 aromatic heterocycles. The van der Waals surface area contributed by atoms with Crippen LogP contribution < -0.4 is 0 Å². The zero-order valence-electron chi connectivity index (χ0n) is 9.89. The van der Waals surface area contributed by atoms with Crippen LogP contribution in [0.25, 0.3) is 0 Å². The molecular weight excluding hydrogens is 176 g/mol. The SMILES string of the molecule is C1COC1.C1COC1.CCCCCC. The second-order valence-electron chi connectivity index (χ2n) is 3.64. The lowest BCUT2D eigenvalue weighted by Gasteiger charge is -2.09. The Balaban J connectivity index is 0.000000185. The molecule has 2 saturated heterocycles. The lowest BCUT2D eigenvalue weighted by Crippen LogP contribution is -2.09. The first-order valence-electron chi connectivity index (χ1n) is 6.07. The van der Waals surface area contributed by atoms with E-state index in [1.54, 1.807) is 0 Å². The Hall–Kier alpha value is -0.0800. The molecule has 0 aromatic rings. The van der Waals surface area contributed by atoms with E-state index in [2.05, 4.69) is 13.8 Å². The van der Waals surface area contributed by atoms with Gasteiger partial charge in [-0.3, -0.25) is 0 Å². The largest absolute Gasteiger partial charge is 0.381 e. The van der Waals surface area contributed by atoms with E-state index in [-0.39, 0.29) is 0 Å². The van der Waals surface area contributed by atoms with Gasteiger partial charge in [-0.25, -0.2) is 0 Å². The maximum Gasteiger partial charge on any atom is 0.0488 e. The first-order valence-corrected chi connectivity index (χ1v) is 6.07. The smallest absolute Gasteiger partial charge is 0.0488 e. The first-order chi connectivity index (χ1) is 6.91. The Labute approximate surface area is 89.0 Å². The molecule has 0 bridgehead atoms. The fourth-order valence-corrected chi connectivity index (χ4v) is 0.789. The van der Waals surface area contributed by atoms with Gasteiger partial charge in [0.05, 0.1) is 0 Å². The van der Waals surface area contributed by atoms with Gasteiger partial charge in [0, 0.05) is 26.4 Å². The van der Waals surface area contributed by atoms with Gasteiger partial charge in [0.15, 0.2) is 0 Å². The molecular formula is C12H26O2. The average molecular weight is 202 g/mol. The van der Waals surface area contributed by atoms with Gasteiger partial charge >= 0.3 is 0 Å². The van der Waals surface area contributed by atoms with Crippen LogP contribution in [0.4, 0.5) is 0 Å². The Bertz CT molecular complexity index is 66.3. The van der Waals surface area contributed by atoms with Crippen molar-refractivity contribution in [2.24, 2.45) is 0 Å². The van der Waals surface area contributed by atoms with Crippen LogP contribution in [0.15, 0.2) is 0 Å². The number of ether oxygens (including phenoxy) is 2. The summed E-state index contributed by atoms with van der Waals surface area (Å²) in [6, 6.07) is 0. The van der Waals surface area contributed by atoms with Gasteiger partial charge in [0.1, 0.15) is 0 Å². The molecule has 86 valence electrons. The van der Waals surface area contributed by atoms with Crippen molar-refractivity contribution in [3.63, 3.8) is 0 Å². The van der Waals surface area contributed by atoms with Crippen LogP contribution in [0.2, 0.25) is 0 Å². The summed E-state index contributed by atoms with van der Waals surface area (Å²) >= 11 is 0. The van der Waals surface area contributed by atoms with E-state index in [4.69, 9.17) is 9.47 Å². The van der Waals surface area contributed by atoms with E-state index in [0.29, 0.717) is 0 Å². The van der Waals surface area contributed by atoms with Crippen molar-refractivity contribution in [3.8, 4) is 0 Å². The van der Waals surface area contributed by atoms with Crippen molar-refractivity contribution in [1.29, 1.82) is 0 Å². The Morgan fingerprint density at radius 1 is 0.714 bits per heavy atom. The van der Waals surface area contributed by atoms with E-state index in [1.165, 1.54) is 38.5 Å². The zero-order chi connectivity index (χ0) is 10.5. The van der Waals surface area contributed by atoms with Gasteiger partial charge in [-0.1, -0.05) is 39.5 Å². The molecule has 14 heavy (non-hydrogen) atoms. The number of unbranched alkanes of at least 4 members (excludes halogenated alkanes) is 3. The quantitative estimate of drug-likeness (QED) is 0.653. The predicted molar refractivity (Wildman–Crippen MR) is 60.7 cm³/mol. The van der Waals surface area contributed by atoms with Gasteiger partial charge in [-0.05, 0) is 12.8 Å². The molecule has 0 spiro atoms. The van der Waals surface area contributed by atoms with E-state index < -0.39 is 0 Å². The molecule has 2 heterocycles. The Morgan fingerprint density at radius 3 is 1.00 bits per heavy atom. The van der Waals surface area contributed by atoms with E-state index in [1.807, 2.05) is 0 Å². The van der Waals surface area contributed by atoms with Gasteiger partial charge in [-0.15, -0.1) is 0 Å². The number of hydrogen-bond donors (Lipinski definition) is 0. The highest BCUT2D eigenvalue weighted by molar-refractivity contribution is 4.41. The number of hydrogen-bond acceptors (Lipinski definition) is 2. The normalized spacial score (nSPS) is 17.6. The zero-order valence-corrected chi connectivity index (χ0v) is 9.89. The number of rotatable bonds is 3. The standard InChI is InChI=1S/C6H14.2C3H6O/c1-3-5-6-4-2;2*1-2-4-3-1/h3-6H2,1-2H3;2*1-3H2. The molecule has 0 N–H and O–H groups in total. The van der Waals surface area contributed by atoms with Crippen LogP contribution >= 0.6 is 0 Å². The highest BCUT2D eigenvalue weighted by Gasteiger charge is 1.94. The molecule has 2 aliphatic rings. The molecule has 0 aliphatic carbocycles. The summed E-state index contributed by atoms with van der Waals surface area (Å²) in [4.78, 5) is 0. The van der Waals surface area contributed by atoms with E-state index in [9.17, 15) is 0 Å². The van der Waals surface area contributed by atoms with Crippen LogP contribution in [0.5, 0.6) is 0 Å². The minimum absolute atomic E-state index is 1.00. The van der Waals surface area contributed by atoms with Gasteiger partial charge in [0.25, 0.3) is 0 Å². The molecule has 2 fully saturated rings. The third-order valence-corrected chi connectivity index (χ3v) is 2.11. The van der Waals surface area contributed by atoms with Crippen LogP contribution in [-0.2, 0) is 9.47 Å². The molecule has 0 atom stereocenters. The first kappa shape index (κ1) is 13.9. The lowest BCUT2D eigenvalue weighted by molar-refractivity contribution is 0.0366. The minimum atomic E-state index is 1.00. The summed E-state index contributed by atoms with van der Waals surface area (Å²) in [5.74, 6) is 0. The second kappa shape index (κ2) is 12.9. The summed E-state index contributed by atoms with van der Waals surface area (Å²) < 4.78 is 9.44. The molecule has 0 amide bonds. The molecule has 2 heteroatoms. The average Bonchev–Trinajstić information content (AvgIpc) is 1.94. The van der Waals surface area contributed by atoms with E-state index in [0.717, 1.165) is 26.4 Å². The molecule has 0 unspecified atom stereocenters. The maximum absolute atomic E-state index is 4.72. The minimum Gasteiger partial charge on any atom is -0.381 e. The highest BCUT2D eigenvalue weighted by atomic mass is 16.5. The molecule has 2 rings (SSSR count). The summed E-state index contributed by atoms with van der Waals surface area (Å²) in [7, 11) is 0. The van der Waals surface area contributed by atoms with Crippen LogP contribution in [0, 0.1) is 0 Å². The summed E-state index contributed by atoms with van der Waals surface area (Å²) in [6.45, 7) is 8.46. The van der Waals surface area contributed by atoms with E-state index >= 15 is 0 Å². The van der Waals surface area contributed by atoms with Crippen molar-refractivity contribution >= 4 is 0 Å². The molecule has 2 aliphatic heterocycles. The monoisotopic (exact) mass is 202 g/mol. The van der Waals surface area contributed by atoms with Crippen molar-refractivity contribution in [1.82, 2.24) is 0 Å². The highest BCUT2D eigenvalue weighted by Crippen LogP contribution is 1.95. The van der Waals surface area contributed by atoms with Crippen molar-refractivity contribution in [2.45, 2.75) is 52.4 Å². The van der Waals surface area contributed by atoms with Gasteiger partial charge in [0.2, 0.25) is 0 Å². The van der Waals surface area contributed by atoms with Crippen molar-refractivity contribution in [2.75, 3.05) is 26.4 Å². The molecule has 0 saturated carbocycles. The van der Waals surface area contributed by atoms with Crippen LogP contribution in [-0.4, -0.2) is 26.4 Å². The third kappa shape index (κ3) is 11.9. The van der Waals surface area contributed by atoms with Crippen molar-refractivity contribution in [3.05, 3.63) is 0 Å².